The van der Waals surface area contributed by atoms with Crippen LogP contribution >= 0.6 is 22.7 Å². The van der Waals surface area contributed by atoms with Gasteiger partial charge in [-0.2, -0.15) is 0 Å². The highest BCUT2D eigenvalue weighted by Gasteiger charge is 2.30. The molecule has 32 heavy (non-hydrogen) atoms. The number of aryl methyl sites for hydroxylation is 1. The number of fused-ring (bicyclic) bond motifs is 2. The van der Waals surface area contributed by atoms with Crippen molar-refractivity contribution in [1.29, 1.82) is 0 Å². The average Bonchev–Trinajstić information content (AvgIpc) is 3.48. The molecule has 1 N–H and O–H groups in total. The van der Waals surface area contributed by atoms with Gasteiger partial charge in [0.2, 0.25) is 0 Å². The molecule has 0 bridgehead atoms. The van der Waals surface area contributed by atoms with Crippen LogP contribution in [0.4, 0.5) is 9.80 Å². The van der Waals surface area contributed by atoms with Crippen molar-refractivity contribution >= 4 is 49.9 Å². The van der Waals surface area contributed by atoms with Crippen LogP contribution in [0.2, 0.25) is 0 Å². The lowest BCUT2D eigenvalue weighted by Crippen LogP contribution is -2.35. The lowest BCUT2D eigenvalue weighted by atomic mass is 10.0. The fourth-order valence-corrected chi connectivity index (χ4v) is 6.18. The van der Waals surface area contributed by atoms with Gasteiger partial charge in [-0.1, -0.05) is 12.1 Å². The Morgan fingerprint density at radius 2 is 2.09 bits per heavy atom. The number of thiophene rings is 1. The topological polar surface area (TPSA) is 89.4 Å². The Bertz CT molecular complexity index is 1290. The Kier molecular flexibility index (Phi) is 5.40. The average molecular weight is 468 g/mol. The van der Waals surface area contributed by atoms with Crippen LogP contribution in [0.15, 0.2) is 36.7 Å². The number of ether oxygens (including phenoxy) is 1. The number of carbonyl (C=O) groups is 2. The van der Waals surface area contributed by atoms with Crippen LogP contribution in [0, 0.1) is 0 Å². The molecule has 3 aromatic heterocycles. The zero-order chi connectivity index (χ0) is 22.2. The molecule has 0 spiro atoms. The maximum absolute atomic E-state index is 12.9. The number of nitrogens with zero attached hydrogens (tertiary/aromatic N) is 4. The van der Waals surface area contributed by atoms with Crippen LogP contribution in [0.25, 0.3) is 20.8 Å². The van der Waals surface area contributed by atoms with Gasteiger partial charge in [-0.25, -0.2) is 14.8 Å². The van der Waals surface area contributed by atoms with Crippen molar-refractivity contribution in [3.63, 3.8) is 0 Å². The number of hydrogen-bond acceptors (Lipinski definition) is 7. The Hall–Kier alpha value is -3.24. The minimum absolute atomic E-state index is 0.277. The summed E-state index contributed by atoms with van der Waals surface area (Å²) in [7, 11) is 1.78. The zero-order valence-corrected chi connectivity index (χ0v) is 19.3. The SMILES string of the molecule is CCOC(=O)N1CCc2c(sc(NC(=O)c3nccn3C)c2-c2nc3ccccc3s2)C1. The standard InChI is InChI=1S/C22H21N5O3S2/c1-3-30-22(29)27-10-8-13-16(12-27)32-21(25-19(28)18-23-9-11-26(18)2)17(13)20-24-14-6-4-5-7-15(14)31-20/h4-7,9,11H,3,8,10,12H2,1-2H3,(H,25,28). The Balaban J connectivity index is 1.56. The van der Waals surface area contributed by atoms with Crippen LogP contribution < -0.4 is 5.32 Å². The van der Waals surface area contributed by atoms with E-state index in [9.17, 15) is 9.59 Å². The van der Waals surface area contributed by atoms with Crippen LogP contribution in [0.5, 0.6) is 0 Å². The highest BCUT2D eigenvalue weighted by Crippen LogP contribution is 2.45. The molecule has 10 heteroatoms. The number of thiazole rings is 1. The number of imidazole rings is 1. The molecule has 0 atom stereocenters. The second-order valence-corrected chi connectivity index (χ2v) is 9.52. The first-order valence-electron chi connectivity index (χ1n) is 10.3. The number of rotatable bonds is 4. The van der Waals surface area contributed by atoms with Gasteiger partial charge in [0.05, 0.1) is 23.4 Å². The summed E-state index contributed by atoms with van der Waals surface area (Å²) in [5, 5.41) is 4.64. The molecule has 1 aliphatic heterocycles. The number of para-hydroxylation sites is 1. The van der Waals surface area contributed by atoms with E-state index in [1.807, 2.05) is 24.3 Å². The van der Waals surface area contributed by atoms with Crippen molar-refractivity contribution in [2.75, 3.05) is 18.5 Å². The summed E-state index contributed by atoms with van der Waals surface area (Å²) in [6.07, 6.45) is 3.69. The number of aromatic nitrogens is 3. The molecule has 1 aromatic carbocycles. The monoisotopic (exact) mass is 467 g/mol. The zero-order valence-electron chi connectivity index (χ0n) is 17.6. The van der Waals surface area contributed by atoms with Gasteiger partial charge in [0.1, 0.15) is 10.0 Å². The molecule has 1 aliphatic rings. The summed E-state index contributed by atoms with van der Waals surface area (Å²) in [4.78, 5) is 36.9. The van der Waals surface area contributed by atoms with Crippen LogP contribution in [-0.2, 0) is 24.8 Å². The molecule has 0 saturated carbocycles. The van der Waals surface area contributed by atoms with E-state index in [0.717, 1.165) is 36.2 Å². The second-order valence-electron chi connectivity index (χ2n) is 7.38. The molecule has 0 saturated heterocycles. The molecule has 0 radical (unpaired) electrons. The van der Waals surface area contributed by atoms with Crippen LogP contribution in [-0.4, -0.2) is 44.6 Å². The van der Waals surface area contributed by atoms with Crippen molar-refractivity contribution in [3.05, 3.63) is 52.9 Å². The van der Waals surface area contributed by atoms with Gasteiger partial charge in [-0.3, -0.25) is 4.79 Å². The molecule has 0 unspecified atom stereocenters. The summed E-state index contributed by atoms with van der Waals surface area (Å²) in [6.45, 7) is 3.16. The highest BCUT2D eigenvalue weighted by molar-refractivity contribution is 7.23. The quantitative estimate of drug-likeness (QED) is 0.476. The number of nitrogens with one attached hydrogen (secondary N) is 1. The number of benzene rings is 1. The van der Waals surface area contributed by atoms with Crippen LogP contribution in [0.1, 0.15) is 28.0 Å². The third-order valence-corrected chi connectivity index (χ3v) is 7.53. The van der Waals surface area contributed by atoms with Gasteiger partial charge < -0.3 is 19.5 Å². The van der Waals surface area contributed by atoms with Gasteiger partial charge >= 0.3 is 6.09 Å². The third-order valence-electron chi connectivity index (χ3n) is 5.34. The van der Waals surface area contributed by atoms with Crippen molar-refractivity contribution < 1.29 is 14.3 Å². The highest BCUT2D eigenvalue weighted by atomic mass is 32.1. The molecule has 8 nitrogen and oxygen atoms in total. The largest absolute Gasteiger partial charge is 0.450 e. The first kappa shape index (κ1) is 20.7. The summed E-state index contributed by atoms with van der Waals surface area (Å²) < 4.78 is 7.96. The van der Waals surface area contributed by atoms with E-state index in [2.05, 4.69) is 10.3 Å². The smallest absolute Gasteiger partial charge is 0.410 e. The first-order chi connectivity index (χ1) is 15.5. The van der Waals surface area contributed by atoms with Gasteiger partial charge in [0.25, 0.3) is 5.91 Å². The van der Waals surface area contributed by atoms with E-state index in [1.54, 1.807) is 47.2 Å². The molecular weight excluding hydrogens is 446 g/mol. The van der Waals surface area contributed by atoms with Gasteiger partial charge in [-0.15, -0.1) is 22.7 Å². The summed E-state index contributed by atoms with van der Waals surface area (Å²) in [5.41, 5.74) is 3.00. The number of hydrogen-bond donors (Lipinski definition) is 1. The summed E-state index contributed by atoms with van der Waals surface area (Å²) in [5.74, 6) is 0.0560. The van der Waals surface area contributed by atoms with Gasteiger partial charge in [0, 0.05) is 36.4 Å². The number of amides is 2. The van der Waals surface area contributed by atoms with Crippen molar-refractivity contribution in [2.45, 2.75) is 19.9 Å². The van der Waals surface area contributed by atoms with Crippen molar-refractivity contribution in [2.24, 2.45) is 7.05 Å². The number of anilines is 1. The fraction of sp³-hybridized carbons (Fsp3) is 0.273. The van der Waals surface area contributed by atoms with Gasteiger partial charge in [0.15, 0.2) is 5.82 Å². The molecule has 0 fully saturated rings. The molecule has 164 valence electrons. The molecule has 0 aliphatic carbocycles. The fourth-order valence-electron chi connectivity index (χ4n) is 3.81. The predicted molar refractivity (Wildman–Crippen MR) is 125 cm³/mol. The van der Waals surface area contributed by atoms with E-state index in [1.165, 1.54) is 11.3 Å². The second kappa shape index (κ2) is 8.36. The minimum Gasteiger partial charge on any atom is -0.450 e. The molecule has 4 aromatic rings. The third kappa shape index (κ3) is 3.65. The minimum atomic E-state index is -0.313. The van der Waals surface area contributed by atoms with Crippen molar-refractivity contribution in [1.82, 2.24) is 19.4 Å². The maximum atomic E-state index is 12.9. The van der Waals surface area contributed by atoms with Crippen molar-refractivity contribution in [3.8, 4) is 10.6 Å². The summed E-state index contributed by atoms with van der Waals surface area (Å²) >= 11 is 3.09. The predicted octanol–water partition coefficient (Wildman–Crippen LogP) is 4.53. The maximum Gasteiger partial charge on any atom is 0.410 e. The Morgan fingerprint density at radius 3 is 2.84 bits per heavy atom. The summed E-state index contributed by atoms with van der Waals surface area (Å²) in [6, 6.07) is 8.00. The van der Waals surface area contributed by atoms with Crippen LogP contribution in [0.3, 0.4) is 0 Å². The normalized spacial score (nSPS) is 13.2. The van der Waals surface area contributed by atoms with E-state index in [4.69, 9.17) is 9.72 Å². The lowest BCUT2D eigenvalue weighted by molar-refractivity contribution is 0.101. The van der Waals surface area contributed by atoms with E-state index >= 15 is 0 Å². The van der Waals surface area contributed by atoms with E-state index in [-0.39, 0.29) is 12.0 Å². The van der Waals surface area contributed by atoms with E-state index < -0.39 is 0 Å². The molecular formula is C22H21N5O3S2. The lowest BCUT2D eigenvalue weighted by Gasteiger charge is -2.26. The molecule has 2 amide bonds. The van der Waals surface area contributed by atoms with E-state index in [0.29, 0.717) is 31.9 Å². The first-order valence-corrected chi connectivity index (χ1v) is 11.9. The Morgan fingerprint density at radius 1 is 1.25 bits per heavy atom. The molecule has 4 heterocycles. The number of carbonyl (C=O) groups excluding carboxylic acids is 2. The van der Waals surface area contributed by atoms with Gasteiger partial charge in [-0.05, 0) is 31.0 Å². The Labute approximate surface area is 192 Å². The molecule has 5 rings (SSSR count).